The second kappa shape index (κ2) is 3.89. The number of ether oxygens (including phenoxy) is 2. The normalized spacial score (nSPS) is 32.0. The Morgan fingerprint density at radius 3 is 3.05 bits per heavy atom. The number of rotatable bonds is 1. The van der Waals surface area contributed by atoms with Gasteiger partial charge in [-0.15, -0.1) is 0 Å². The van der Waals surface area contributed by atoms with E-state index in [1.807, 2.05) is 6.07 Å². The first-order chi connectivity index (χ1) is 9.28. The minimum atomic E-state index is -0.0314. The van der Waals surface area contributed by atoms with E-state index in [1.54, 1.807) is 0 Å². The Hall–Kier alpha value is -1.71. The molecule has 0 radical (unpaired) electrons. The van der Waals surface area contributed by atoms with Gasteiger partial charge in [-0.1, -0.05) is 18.9 Å². The number of hydrogen-bond acceptors (Lipinski definition) is 3. The predicted octanol–water partition coefficient (Wildman–Crippen LogP) is 2.12. The number of amides is 1. The Bertz CT molecular complexity index is 542. The highest BCUT2D eigenvalue weighted by Gasteiger charge is 2.49. The zero-order valence-electron chi connectivity index (χ0n) is 10.8. The van der Waals surface area contributed by atoms with Gasteiger partial charge in [0.15, 0.2) is 11.5 Å². The lowest BCUT2D eigenvalue weighted by Crippen LogP contribution is -2.43. The third kappa shape index (κ3) is 1.55. The van der Waals surface area contributed by atoms with Crippen molar-refractivity contribution in [2.24, 2.45) is 0 Å². The van der Waals surface area contributed by atoms with E-state index in [4.69, 9.17) is 9.47 Å². The van der Waals surface area contributed by atoms with Gasteiger partial charge in [-0.3, -0.25) is 4.79 Å². The Balaban J connectivity index is 1.78. The summed E-state index contributed by atoms with van der Waals surface area (Å²) in [4.78, 5) is 11.9. The maximum absolute atomic E-state index is 11.9. The van der Waals surface area contributed by atoms with Crippen molar-refractivity contribution in [3.8, 4) is 11.5 Å². The molecular formula is C15H17NO3. The van der Waals surface area contributed by atoms with Crippen molar-refractivity contribution in [1.82, 2.24) is 5.32 Å². The van der Waals surface area contributed by atoms with Crippen molar-refractivity contribution in [3.63, 3.8) is 0 Å². The van der Waals surface area contributed by atoms with Crippen molar-refractivity contribution in [3.05, 3.63) is 23.8 Å². The van der Waals surface area contributed by atoms with Crippen LogP contribution in [0.25, 0.3) is 0 Å². The van der Waals surface area contributed by atoms with E-state index in [0.717, 1.165) is 24.3 Å². The second-order valence-corrected chi connectivity index (χ2v) is 5.77. The van der Waals surface area contributed by atoms with Crippen molar-refractivity contribution in [2.75, 3.05) is 6.79 Å². The molecule has 1 aromatic rings. The Morgan fingerprint density at radius 1 is 1.21 bits per heavy atom. The Kier molecular flexibility index (Phi) is 2.28. The summed E-state index contributed by atoms with van der Waals surface area (Å²) in [5.74, 6) is 1.81. The molecule has 4 rings (SSSR count). The third-order valence-electron chi connectivity index (χ3n) is 4.79. The van der Waals surface area contributed by atoms with E-state index < -0.39 is 0 Å². The van der Waals surface area contributed by atoms with E-state index in [0.29, 0.717) is 13.2 Å². The molecular weight excluding hydrogens is 242 g/mol. The average molecular weight is 259 g/mol. The summed E-state index contributed by atoms with van der Waals surface area (Å²) in [6.45, 7) is 0.298. The lowest BCUT2D eigenvalue weighted by Gasteiger charge is -2.38. The molecule has 2 aliphatic heterocycles. The first-order valence-electron chi connectivity index (χ1n) is 6.97. The van der Waals surface area contributed by atoms with Crippen LogP contribution in [0.2, 0.25) is 0 Å². The molecule has 1 N–H and O–H groups in total. The van der Waals surface area contributed by atoms with Gasteiger partial charge in [-0.05, 0) is 30.5 Å². The fraction of sp³-hybridized carbons (Fsp3) is 0.533. The number of fused-ring (bicyclic) bond motifs is 2. The zero-order valence-corrected chi connectivity index (χ0v) is 10.8. The van der Waals surface area contributed by atoms with Gasteiger partial charge < -0.3 is 14.8 Å². The Labute approximate surface area is 112 Å². The molecule has 100 valence electrons. The summed E-state index contributed by atoms with van der Waals surface area (Å²) in [7, 11) is 0. The summed E-state index contributed by atoms with van der Waals surface area (Å²) >= 11 is 0. The highest BCUT2D eigenvalue weighted by Crippen LogP contribution is 2.47. The summed E-state index contributed by atoms with van der Waals surface area (Å²) in [6.07, 6.45) is 5.17. The van der Waals surface area contributed by atoms with Gasteiger partial charge >= 0.3 is 0 Å². The minimum absolute atomic E-state index is 0.0314. The lowest BCUT2D eigenvalue weighted by molar-refractivity contribution is -0.119. The van der Waals surface area contributed by atoms with Crippen molar-refractivity contribution in [2.45, 2.75) is 43.6 Å². The lowest BCUT2D eigenvalue weighted by atomic mass is 9.66. The van der Waals surface area contributed by atoms with E-state index in [2.05, 4.69) is 17.4 Å². The quantitative estimate of drug-likeness (QED) is 0.840. The number of carbonyl (C=O) groups is 1. The SMILES string of the molecule is O=C1C[C@@]2(c3ccc4c(c3)OCO4)CCCC[C@H]2N1. The first-order valence-corrected chi connectivity index (χ1v) is 6.97. The van der Waals surface area contributed by atoms with Crippen LogP contribution in [0, 0.1) is 0 Å². The van der Waals surface area contributed by atoms with Crippen LogP contribution >= 0.6 is 0 Å². The predicted molar refractivity (Wildman–Crippen MR) is 69.3 cm³/mol. The van der Waals surface area contributed by atoms with Crippen LogP contribution in [-0.2, 0) is 10.2 Å². The maximum atomic E-state index is 11.9. The topological polar surface area (TPSA) is 47.6 Å². The third-order valence-corrected chi connectivity index (χ3v) is 4.79. The van der Waals surface area contributed by atoms with Crippen molar-refractivity contribution in [1.29, 1.82) is 0 Å². The van der Waals surface area contributed by atoms with Gasteiger partial charge in [-0.2, -0.15) is 0 Å². The molecule has 4 heteroatoms. The molecule has 1 saturated carbocycles. The smallest absolute Gasteiger partial charge is 0.231 e. The van der Waals surface area contributed by atoms with Crippen LogP contribution in [0.1, 0.15) is 37.7 Å². The van der Waals surface area contributed by atoms with Gasteiger partial charge in [0.25, 0.3) is 0 Å². The molecule has 2 atom stereocenters. The van der Waals surface area contributed by atoms with Gasteiger partial charge in [0.1, 0.15) is 0 Å². The Morgan fingerprint density at radius 2 is 2.11 bits per heavy atom. The number of carbonyl (C=O) groups excluding carboxylic acids is 1. The van der Waals surface area contributed by atoms with Crippen molar-refractivity contribution >= 4 is 5.91 Å². The number of nitrogens with one attached hydrogen (secondary N) is 1. The van der Waals surface area contributed by atoms with Crippen LogP contribution in [0.5, 0.6) is 11.5 Å². The summed E-state index contributed by atoms with van der Waals surface area (Å²) in [5.41, 5.74) is 1.19. The fourth-order valence-corrected chi connectivity index (χ4v) is 3.85. The van der Waals surface area contributed by atoms with Gasteiger partial charge in [0, 0.05) is 17.9 Å². The van der Waals surface area contributed by atoms with Crippen LogP contribution < -0.4 is 14.8 Å². The van der Waals surface area contributed by atoms with E-state index in [1.165, 1.54) is 18.4 Å². The summed E-state index contributed by atoms with van der Waals surface area (Å²) in [5, 5.41) is 3.15. The number of hydrogen-bond donors (Lipinski definition) is 1. The first kappa shape index (κ1) is 11.1. The standard InChI is InChI=1S/C15H17NO3/c17-14-8-15(6-2-1-3-13(15)16-14)10-4-5-11-12(7-10)19-9-18-11/h4-5,7,13H,1-3,6,8-9H2,(H,16,17)/t13-,15-/m1/s1. The molecule has 1 amide bonds. The van der Waals surface area contributed by atoms with Gasteiger partial charge in [-0.25, -0.2) is 0 Å². The highest BCUT2D eigenvalue weighted by molar-refractivity contribution is 5.82. The molecule has 0 bridgehead atoms. The second-order valence-electron chi connectivity index (χ2n) is 5.77. The zero-order chi connectivity index (χ0) is 12.9. The average Bonchev–Trinajstić information content (AvgIpc) is 3.00. The summed E-state index contributed by atoms with van der Waals surface area (Å²) < 4.78 is 10.8. The van der Waals surface area contributed by atoms with Crippen LogP contribution in [0.3, 0.4) is 0 Å². The van der Waals surface area contributed by atoms with Crippen LogP contribution in [0.15, 0.2) is 18.2 Å². The molecule has 3 aliphatic rings. The van der Waals surface area contributed by atoms with Gasteiger partial charge in [0.05, 0.1) is 0 Å². The molecule has 4 nitrogen and oxygen atoms in total. The molecule has 1 aromatic carbocycles. The van der Waals surface area contributed by atoms with Crippen molar-refractivity contribution < 1.29 is 14.3 Å². The monoisotopic (exact) mass is 259 g/mol. The molecule has 19 heavy (non-hydrogen) atoms. The largest absolute Gasteiger partial charge is 0.454 e. The summed E-state index contributed by atoms with van der Waals surface area (Å²) in [6, 6.07) is 6.43. The van der Waals surface area contributed by atoms with E-state index >= 15 is 0 Å². The van der Waals surface area contributed by atoms with Crippen LogP contribution in [-0.4, -0.2) is 18.7 Å². The fourth-order valence-electron chi connectivity index (χ4n) is 3.85. The van der Waals surface area contributed by atoms with E-state index in [9.17, 15) is 4.79 Å². The maximum Gasteiger partial charge on any atom is 0.231 e. The highest BCUT2D eigenvalue weighted by atomic mass is 16.7. The number of benzene rings is 1. The van der Waals surface area contributed by atoms with Gasteiger partial charge in [0.2, 0.25) is 12.7 Å². The van der Waals surface area contributed by atoms with E-state index in [-0.39, 0.29) is 17.4 Å². The molecule has 0 aromatic heterocycles. The molecule has 2 fully saturated rings. The van der Waals surface area contributed by atoms with Crippen LogP contribution in [0.4, 0.5) is 0 Å². The molecule has 0 spiro atoms. The minimum Gasteiger partial charge on any atom is -0.454 e. The molecule has 0 unspecified atom stereocenters. The molecule has 2 heterocycles. The molecule has 1 aliphatic carbocycles. The molecule has 1 saturated heterocycles.